The van der Waals surface area contributed by atoms with Gasteiger partial charge >= 0.3 is 0 Å². The maximum absolute atomic E-state index is 6.23. The van der Waals surface area contributed by atoms with E-state index in [4.69, 9.17) is 22.1 Å². The molecule has 90 valence electrons. The van der Waals surface area contributed by atoms with Gasteiger partial charge in [0.1, 0.15) is 5.75 Å². The van der Waals surface area contributed by atoms with Crippen LogP contribution in [0.4, 0.5) is 0 Å². The second kappa shape index (κ2) is 6.12. The van der Waals surface area contributed by atoms with Crippen molar-refractivity contribution in [1.29, 1.82) is 0 Å². The molecule has 2 nitrogen and oxygen atoms in total. The third-order valence-electron chi connectivity index (χ3n) is 2.91. The highest BCUT2D eigenvalue weighted by Crippen LogP contribution is 2.32. The normalized spacial score (nSPS) is 14.6. The molecule has 3 heteroatoms. The average molecular weight is 242 g/mol. The Labute approximate surface area is 103 Å². The summed E-state index contributed by atoms with van der Waals surface area (Å²) >= 11 is 5.92. The number of rotatable bonds is 5. The zero-order chi connectivity index (χ0) is 12.1. The summed E-state index contributed by atoms with van der Waals surface area (Å²) in [5.74, 6) is 1.23. The van der Waals surface area contributed by atoms with E-state index < -0.39 is 0 Å². The van der Waals surface area contributed by atoms with Gasteiger partial charge in [-0.05, 0) is 24.5 Å². The van der Waals surface area contributed by atoms with Crippen LogP contribution >= 0.6 is 11.6 Å². The van der Waals surface area contributed by atoms with Crippen LogP contribution in [0.2, 0.25) is 5.02 Å². The number of benzene rings is 1. The van der Waals surface area contributed by atoms with Gasteiger partial charge in [0.05, 0.1) is 7.11 Å². The molecule has 2 N–H and O–H groups in total. The first kappa shape index (κ1) is 13.3. The van der Waals surface area contributed by atoms with Crippen molar-refractivity contribution >= 4 is 11.6 Å². The third kappa shape index (κ3) is 3.13. The maximum Gasteiger partial charge on any atom is 0.125 e. The molecule has 0 aromatic heterocycles. The van der Waals surface area contributed by atoms with E-state index in [1.807, 2.05) is 18.2 Å². The van der Waals surface area contributed by atoms with Crippen molar-refractivity contribution in [2.75, 3.05) is 7.11 Å². The fourth-order valence-electron chi connectivity index (χ4n) is 1.90. The SMILES string of the molecule is CCCC(C)C(N)c1ccc(Cl)cc1OC. The lowest BCUT2D eigenvalue weighted by Crippen LogP contribution is -2.19. The lowest BCUT2D eigenvalue weighted by atomic mass is 9.91. The fraction of sp³-hybridized carbons (Fsp3) is 0.538. The zero-order valence-electron chi connectivity index (χ0n) is 10.2. The Morgan fingerprint density at radius 1 is 1.44 bits per heavy atom. The molecule has 0 radical (unpaired) electrons. The summed E-state index contributed by atoms with van der Waals surface area (Å²) in [5, 5.41) is 0.677. The largest absolute Gasteiger partial charge is 0.496 e. The molecule has 0 aliphatic rings. The molecule has 1 rings (SSSR count). The molecule has 0 aliphatic heterocycles. The van der Waals surface area contributed by atoms with Crippen LogP contribution in [-0.2, 0) is 0 Å². The van der Waals surface area contributed by atoms with E-state index >= 15 is 0 Å². The molecule has 0 fully saturated rings. The molecule has 0 heterocycles. The third-order valence-corrected chi connectivity index (χ3v) is 3.15. The minimum absolute atomic E-state index is 0.00664. The van der Waals surface area contributed by atoms with Crippen LogP contribution in [0.25, 0.3) is 0 Å². The summed E-state index contributed by atoms with van der Waals surface area (Å²) in [6, 6.07) is 5.64. The number of hydrogen-bond donors (Lipinski definition) is 1. The molecule has 0 saturated heterocycles. The van der Waals surface area contributed by atoms with Crippen LogP contribution in [0, 0.1) is 5.92 Å². The Bertz CT molecular complexity index is 341. The van der Waals surface area contributed by atoms with Gasteiger partial charge in [-0.25, -0.2) is 0 Å². The minimum atomic E-state index is 0.00664. The van der Waals surface area contributed by atoms with Gasteiger partial charge in [0, 0.05) is 16.6 Å². The van der Waals surface area contributed by atoms with Gasteiger partial charge in [-0.1, -0.05) is 37.9 Å². The monoisotopic (exact) mass is 241 g/mol. The first-order valence-corrected chi connectivity index (χ1v) is 6.07. The molecule has 1 aromatic carbocycles. The summed E-state index contributed by atoms with van der Waals surface area (Å²) in [5.41, 5.74) is 7.26. The zero-order valence-corrected chi connectivity index (χ0v) is 10.9. The first-order valence-electron chi connectivity index (χ1n) is 5.69. The Morgan fingerprint density at radius 3 is 2.69 bits per heavy atom. The van der Waals surface area contributed by atoms with E-state index in [1.165, 1.54) is 0 Å². The van der Waals surface area contributed by atoms with Gasteiger partial charge < -0.3 is 10.5 Å². The maximum atomic E-state index is 6.23. The van der Waals surface area contributed by atoms with E-state index in [0.717, 1.165) is 24.2 Å². The molecule has 2 unspecified atom stereocenters. The fourth-order valence-corrected chi connectivity index (χ4v) is 2.06. The smallest absolute Gasteiger partial charge is 0.125 e. The van der Waals surface area contributed by atoms with Gasteiger partial charge in [-0.3, -0.25) is 0 Å². The summed E-state index contributed by atoms with van der Waals surface area (Å²) in [6.07, 6.45) is 2.26. The van der Waals surface area contributed by atoms with E-state index in [1.54, 1.807) is 7.11 Å². The predicted molar refractivity (Wildman–Crippen MR) is 69.0 cm³/mol. The Balaban J connectivity index is 2.93. The molecule has 2 atom stereocenters. The standard InChI is InChI=1S/C13H20ClNO/c1-4-5-9(2)13(15)11-7-6-10(14)8-12(11)16-3/h6-9,13H,4-5,15H2,1-3H3. The van der Waals surface area contributed by atoms with Gasteiger partial charge in [0.2, 0.25) is 0 Å². The van der Waals surface area contributed by atoms with Crippen molar-refractivity contribution in [3.05, 3.63) is 28.8 Å². The molecule has 0 spiro atoms. The lowest BCUT2D eigenvalue weighted by Gasteiger charge is -2.21. The Hall–Kier alpha value is -0.730. The summed E-state index contributed by atoms with van der Waals surface area (Å²) in [7, 11) is 1.65. The number of halogens is 1. The van der Waals surface area contributed by atoms with Crippen LogP contribution in [-0.4, -0.2) is 7.11 Å². The summed E-state index contributed by atoms with van der Waals surface area (Å²) < 4.78 is 5.31. The average Bonchev–Trinajstić information content (AvgIpc) is 2.28. The van der Waals surface area contributed by atoms with Crippen molar-refractivity contribution in [3.63, 3.8) is 0 Å². The van der Waals surface area contributed by atoms with Crippen molar-refractivity contribution < 1.29 is 4.74 Å². The minimum Gasteiger partial charge on any atom is -0.496 e. The topological polar surface area (TPSA) is 35.2 Å². The quantitative estimate of drug-likeness (QED) is 0.852. The molecular formula is C13H20ClNO. The van der Waals surface area contributed by atoms with E-state index in [-0.39, 0.29) is 6.04 Å². The second-order valence-electron chi connectivity index (χ2n) is 4.18. The van der Waals surface area contributed by atoms with Crippen molar-refractivity contribution in [1.82, 2.24) is 0 Å². The number of ether oxygens (including phenoxy) is 1. The Morgan fingerprint density at radius 2 is 2.12 bits per heavy atom. The van der Waals surface area contributed by atoms with Crippen molar-refractivity contribution in [2.45, 2.75) is 32.7 Å². The number of hydrogen-bond acceptors (Lipinski definition) is 2. The molecule has 0 aliphatic carbocycles. The number of nitrogens with two attached hydrogens (primary N) is 1. The van der Waals surface area contributed by atoms with E-state index in [2.05, 4.69) is 13.8 Å². The van der Waals surface area contributed by atoms with Gasteiger partial charge in [0.15, 0.2) is 0 Å². The molecule has 16 heavy (non-hydrogen) atoms. The molecule has 1 aromatic rings. The van der Waals surface area contributed by atoms with E-state index in [9.17, 15) is 0 Å². The molecule has 0 amide bonds. The van der Waals surface area contributed by atoms with Crippen LogP contribution in [0.1, 0.15) is 38.3 Å². The Kier molecular flexibility index (Phi) is 5.10. The van der Waals surface area contributed by atoms with Crippen LogP contribution in [0.15, 0.2) is 18.2 Å². The van der Waals surface area contributed by atoms with Crippen molar-refractivity contribution in [2.24, 2.45) is 11.7 Å². The predicted octanol–water partition coefficient (Wildman–Crippen LogP) is 3.78. The highest BCUT2D eigenvalue weighted by molar-refractivity contribution is 6.30. The van der Waals surface area contributed by atoms with Crippen molar-refractivity contribution in [3.8, 4) is 5.75 Å². The molecular weight excluding hydrogens is 222 g/mol. The van der Waals surface area contributed by atoms with Gasteiger partial charge in [0.25, 0.3) is 0 Å². The lowest BCUT2D eigenvalue weighted by molar-refractivity contribution is 0.383. The highest BCUT2D eigenvalue weighted by atomic mass is 35.5. The van der Waals surface area contributed by atoms with Crippen LogP contribution < -0.4 is 10.5 Å². The van der Waals surface area contributed by atoms with Crippen LogP contribution in [0.5, 0.6) is 5.75 Å². The van der Waals surface area contributed by atoms with Gasteiger partial charge in [-0.2, -0.15) is 0 Å². The molecule has 0 saturated carbocycles. The van der Waals surface area contributed by atoms with Crippen LogP contribution in [0.3, 0.4) is 0 Å². The van der Waals surface area contributed by atoms with E-state index in [0.29, 0.717) is 10.9 Å². The summed E-state index contributed by atoms with van der Waals surface area (Å²) in [6.45, 7) is 4.34. The number of methoxy groups -OCH3 is 1. The second-order valence-corrected chi connectivity index (χ2v) is 4.61. The molecule has 0 bridgehead atoms. The van der Waals surface area contributed by atoms with Gasteiger partial charge in [-0.15, -0.1) is 0 Å². The first-order chi connectivity index (χ1) is 7.60. The summed E-state index contributed by atoms with van der Waals surface area (Å²) in [4.78, 5) is 0. The highest BCUT2D eigenvalue weighted by Gasteiger charge is 2.18.